The van der Waals surface area contributed by atoms with Crippen LogP contribution in [0.3, 0.4) is 0 Å². The van der Waals surface area contributed by atoms with Crippen LogP contribution in [-0.4, -0.2) is 11.8 Å². The van der Waals surface area contributed by atoms with Gasteiger partial charge in [0.1, 0.15) is 0 Å². The lowest BCUT2D eigenvalue weighted by Crippen LogP contribution is -2.15. The monoisotopic (exact) mass is 375 g/mol. The van der Waals surface area contributed by atoms with Gasteiger partial charge in [0, 0.05) is 16.8 Å². The van der Waals surface area contributed by atoms with E-state index in [0.29, 0.717) is 27.9 Å². The second-order valence-corrected chi connectivity index (χ2v) is 6.12. The van der Waals surface area contributed by atoms with Gasteiger partial charge in [-0.2, -0.15) is 5.26 Å². The molecule has 0 aliphatic heterocycles. The van der Waals surface area contributed by atoms with Crippen LogP contribution in [0.5, 0.6) is 0 Å². The lowest BCUT2D eigenvalue weighted by atomic mass is 9.95. The highest BCUT2D eigenvalue weighted by Gasteiger charge is 2.16. The summed E-state index contributed by atoms with van der Waals surface area (Å²) in [6.07, 6.45) is 0. The molecule has 3 aromatic rings. The number of nitriles is 1. The summed E-state index contributed by atoms with van der Waals surface area (Å²) in [6, 6.07) is 20.7. The number of hydrogen-bond donors (Lipinski definition) is 2. The molecule has 132 valence electrons. The highest BCUT2D eigenvalue weighted by Crippen LogP contribution is 2.28. The van der Waals surface area contributed by atoms with Crippen LogP contribution in [0.4, 0.5) is 5.69 Å². The average molecular weight is 376 g/mol. The quantitative estimate of drug-likeness (QED) is 0.714. The molecule has 3 aromatic carbocycles. The first-order chi connectivity index (χ1) is 13.0. The van der Waals surface area contributed by atoms with Gasteiger partial charge in [-0.3, -0.25) is 9.59 Å². The van der Waals surface area contributed by atoms with E-state index in [-0.39, 0.29) is 16.5 Å². The zero-order valence-electron chi connectivity index (χ0n) is 14.1. The first-order valence-corrected chi connectivity index (χ1v) is 8.38. The molecule has 0 aliphatic carbocycles. The van der Waals surface area contributed by atoms with Crippen molar-refractivity contribution in [1.29, 1.82) is 5.26 Å². The molecule has 0 fully saturated rings. The standard InChI is InChI=1S/C21H14ClN3O2/c22-19-11-14(9-10-18(19)20(24)26)25-21(27)17-8-4-3-7-16(17)15-6-2-1-5-13(15)12-23/h1-11H,(H2,24,26)(H,25,27). The van der Waals surface area contributed by atoms with Crippen molar-refractivity contribution >= 4 is 29.1 Å². The number of carbonyl (C=O) groups excluding carboxylic acids is 2. The minimum Gasteiger partial charge on any atom is -0.366 e. The third kappa shape index (κ3) is 3.81. The first kappa shape index (κ1) is 18.2. The molecule has 0 atom stereocenters. The van der Waals surface area contributed by atoms with Crippen molar-refractivity contribution in [1.82, 2.24) is 0 Å². The van der Waals surface area contributed by atoms with Crippen molar-refractivity contribution in [2.24, 2.45) is 5.73 Å². The highest BCUT2D eigenvalue weighted by molar-refractivity contribution is 6.34. The Morgan fingerprint density at radius 1 is 0.926 bits per heavy atom. The molecule has 2 amide bonds. The van der Waals surface area contributed by atoms with E-state index in [2.05, 4.69) is 11.4 Å². The Balaban J connectivity index is 1.96. The Hall–Kier alpha value is -3.62. The van der Waals surface area contributed by atoms with E-state index in [1.165, 1.54) is 12.1 Å². The smallest absolute Gasteiger partial charge is 0.256 e. The van der Waals surface area contributed by atoms with Crippen molar-refractivity contribution < 1.29 is 9.59 Å². The summed E-state index contributed by atoms with van der Waals surface area (Å²) in [4.78, 5) is 24.1. The van der Waals surface area contributed by atoms with E-state index in [1.807, 2.05) is 6.07 Å². The number of primary amides is 1. The maximum absolute atomic E-state index is 12.8. The van der Waals surface area contributed by atoms with Gasteiger partial charge in [0.2, 0.25) is 5.91 Å². The number of nitrogens with one attached hydrogen (secondary N) is 1. The number of halogens is 1. The average Bonchev–Trinajstić information content (AvgIpc) is 2.67. The van der Waals surface area contributed by atoms with Crippen LogP contribution in [0.1, 0.15) is 26.3 Å². The molecule has 0 bridgehead atoms. The predicted molar refractivity (Wildman–Crippen MR) is 105 cm³/mol. The molecule has 0 aromatic heterocycles. The SMILES string of the molecule is N#Cc1ccccc1-c1ccccc1C(=O)Nc1ccc(C(N)=O)c(Cl)c1. The zero-order valence-corrected chi connectivity index (χ0v) is 14.8. The summed E-state index contributed by atoms with van der Waals surface area (Å²) >= 11 is 6.03. The molecule has 6 heteroatoms. The molecule has 0 aliphatic rings. The largest absolute Gasteiger partial charge is 0.366 e. The van der Waals surface area contributed by atoms with Gasteiger partial charge in [-0.05, 0) is 35.9 Å². The van der Waals surface area contributed by atoms with Gasteiger partial charge in [0.25, 0.3) is 5.91 Å². The Labute approximate surface area is 161 Å². The van der Waals surface area contributed by atoms with Crippen molar-refractivity contribution in [2.75, 3.05) is 5.32 Å². The summed E-state index contributed by atoms with van der Waals surface area (Å²) in [7, 11) is 0. The fraction of sp³-hybridized carbons (Fsp3) is 0. The van der Waals surface area contributed by atoms with E-state index in [9.17, 15) is 14.9 Å². The third-order valence-corrected chi connectivity index (χ3v) is 4.31. The van der Waals surface area contributed by atoms with Crippen LogP contribution >= 0.6 is 11.6 Å². The fourth-order valence-electron chi connectivity index (χ4n) is 2.72. The zero-order chi connectivity index (χ0) is 19.4. The van der Waals surface area contributed by atoms with E-state index in [1.54, 1.807) is 48.5 Å². The first-order valence-electron chi connectivity index (χ1n) is 8.00. The number of nitrogens with zero attached hydrogens (tertiary/aromatic N) is 1. The van der Waals surface area contributed by atoms with Gasteiger partial charge in [0.15, 0.2) is 0 Å². The van der Waals surface area contributed by atoms with E-state index in [0.717, 1.165) is 0 Å². The molecule has 3 rings (SSSR count). The Morgan fingerprint density at radius 2 is 1.59 bits per heavy atom. The number of nitrogens with two attached hydrogens (primary N) is 1. The van der Waals surface area contributed by atoms with E-state index >= 15 is 0 Å². The second kappa shape index (κ2) is 7.73. The maximum atomic E-state index is 12.8. The van der Waals surface area contributed by atoms with Crippen LogP contribution in [0.2, 0.25) is 5.02 Å². The van der Waals surface area contributed by atoms with E-state index < -0.39 is 5.91 Å². The minimum atomic E-state index is -0.642. The van der Waals surface area contributed by atoms with Crippen LogP contribution in [0.25, 0.3) is 11.1 Å². The number of rotatable bonds is 4. The summed E-state index contributed by atoms with van der Waals surface area (Å²) in [5.41, 5.74) is 8.05. The van der Waals surface area contributed by atoms with Gasteiger partial charge in [-0.1, -0.05) is 48.0 Å². The molecule has 0 spiro atoms. The number of benzene rings is 3. The Morgan fingerprint density at radius 3 is 2.26 bits per heavy atom. The highest BCUT2D eigenvalue weighted by atomic mass is 35.5. The molecule has 0 unspecified atom stereocenters. The lowest BCUT2D eigenvalue weighted by Gasteiger charge is -2.12. The Bertz CT molecular complexity index is 1090. The molecule has 5 nitrogen and oxygen atoms in total. The maximum Gasteiger partial charge on any atom is 0.256 e. The normalized spacial score (nSPS) is 10.1. The van der Waals surface area contributed by atoms with Crippen LogP contribution in [0.15, 0.2) is 66.7 Å². The van der Waals surface area contributed by atoms with Crippen LogP contribution < -0.4 is 11.1 Å². The van der Waals surface area contributed by atoms with Gasteiger partial charge >= 0.3 is 0 Å². The van der Waals surface area contributed by atoms with Gasteiger partial charge < -0.3 is 11.1 Å². The summed E-state index contributed by atoms with van der Waals surface area (Å²) in [6.45, 7) is 0. The van der Waals surface area contributed by atoms with Gasteiger partial charge in [-0.25, -0.2) is 0 Å². The number of carbonyl (C=O) groups is 2. The topological polar surface area (TPSA) is 96.0 Å². The number of anilines is 1. The lowest BCUT2D eigenvalue weighted by molar-refractivity contribution is 0.0998. The fourth-order valence-corrected chi connectivity index (χ4v) is 3.00. The molecule has 0 saturated carbocycles. The van der Waals surface area contributed by atoms with Crippen LogP contribution in [-0.2, 0) is 0 Å². The molecule has 0 heterocycles. The predicted octanol–water partition coefficient (Wildman–Crippen LogP) is 4.23. The van der Waals surface area contributed by atoms with Crippen molar-refractivity contribution in [3.8, 4) is 17.2 Å². The second-order valence-electron chi connectivity index (χ2n) is 5.72. The molecule has 0 saturated heterocycles. The molecule has 27 heavy (non-hydrogen) atoms. The van der Waals surface area contributed by atoms with Gasteiger partial charge in [0.05, 0.1) is 22.2 Å². The Kier molecular flexibility index (Phi) is 5.20. The minimum absolute atomic E-state index is 0.156. The summed E-state index contributed by atoms with van der Waals surface area (Å²) < 4.78 is 0. The van der Waals surface area contributed by atoms with Crippen molar-refractivity contribution in [2.45, 2.75) is 0 Å². The van der Waals surface area contributed by atoms with Gasteiger partial charge in [-0.15, -0.1) is 0 Å². The molecule has 3 N–H and O–H groups in total. The molecular formula is C21H14ClN3O2. The number of hydrogen-bond acceptors (Lipinski definition) is 3. The van der Waals surface area contributed by atoms with Crippen LogP contribution in [0, 0.1) is 11.3 Å². The third-order valence-electron chi connectivity index (χ3n) is 4.00. The van der Waals surface area contributed by atoms with Crippen molar-refractivity contribution in [3.63, 3.8) is 0 Å². The van der Waals surface area contributed by atoms with E-state index in [4.69, 9.17) is 17.3 Å². The number of amides is 2. The molecular weight excluding hydrogens is 362 g/mol. The summed E-state index contributed by atoms with van der Waals surface area (Å²) in [5.74, 6) is -1.00. The van der Waals surface area contributed by atoms with Crippen molar-refractivity contribution in [3.05, 3.63) is 88.4 Å². The summed E-state index contributed by atoms with van der Waals surface area (Å²) in [5, 5.41) is 12.3. The molecule has 0 radical (unpaired) electrons.